The molecular weight excluding hydrogens is 408 g/mol. The molecule has 2 N–H and O–H groups in total. The minimum Gasteiger partial charge on any atom is -0.351 e. The average Bonchev–Trinajstić information content (AvgIpc) is 3.20. The van der Waals surface area contributed by atoms with E-state index in [-0.39, 0.29) is 18.0 Å². The van der Waals surface area contributed by atoms with Crippen molar-refractivity contribution in [3.05, 3.63) is 101 Å². The standard InChI is InChI=1S/C25H27ClN4O/c26-22-10-4-8-20(12-22)17-30-18-23(28-15-19-6-2-1-3-7-19)13-24(30)25(31)29-16-21-9-5-11-27-14-21/h1-12,14,23-24,28H,13,15-18H2,(H,29,31)/t23-,24-/m0/s1. The van der Waals surface area contributed by atoms with Crippen molar-refractivity contribution in [3.8, 4) is 0 Å². The number of benzene rings is 2. The van der Waals surface area contributed by atoms with Gasteiger partial charge < -0.3 is 10.6 Å². The Morgan fingerprint density at radius 1 is 1.00 bits per heavy atom. The van der Waals surface area contributed by atoms with Crippen molar-refractivity contribution < 1.29 is 4.79 Å². The van der Waals surface area contributed by atoms with Crippen molar-refractivity contribution in [1.29, 1.82) is 0 Å². The number of nitrogens with one attached hydrogen (secondary N) is 2. The molecule has 160 valence electrons. The first-order chi connectivity index (χ1) is 15.2. The van der Waals surface area contributed by atoms with Crippen LogP contribution >= 0.6 is 11.6 Å². The Hall–Kier alpha value is -2.73. The highest BCUT2D eigenvalue weighted by molar-refractivity contribution is 6.30. The topological polar surface area (TPSA) is 57.3 Å². The first-order valence-corrected chi connectivity index (χ1v) is 11.0. The number of rotatable bonds is 8. The van der Waals surface area contributed by atoms with Gasteiger partial charge in [-0.2, -0.15) is 0 Å². The van der Waals surface area contributed by atoms with Crippen molar-refractivity contribution in [2.45, 2.75) is 38.1 Å². The number of aromatic nitrogens is 1. The van der Waals surface area contributed by atoms with Gasteiger partial charge in [0.25, 0.3) is 0 Å². The van der Waals surface area contributed by atoms with Crippen LogP contribution in [0.3, 0.4) is 0 Å². The van der Waals surface area contributed by atoms with Crippen LogP contribution in [0.25, 0.3) is 0 Å². The van der Waals surface area contributed by atoms with Crippen LogP contribution < -0.4 is 10.6 Å². The Bertz CT molecular complexity index is 983. The molecule has 0 unspecified atom stereocenters. The van der Waals surface area contributed by atoms with E-state index in [1.165, 1.54) is 5.56 Å². The number of pyridine rings is 1. The molecule has 0 radical (unpaired) electrons. The number of carbonyl (C=O) groups is 1. The van der Waals surface area contributed by atoms with Gasteiger partial charge in [0.2, 0.25) is 5.91 Å². The summed E-state index contributed by atoms with van der Waals surface area (Å²) in [6.07, 6.45) is 4.28. The van der Waals surface area contributed by atoms with Crippen molar-refractivity contribution in [1.82, 2.24) is 20.5 Å². The largest absolute Gasteiger partial charge is 0.351 e. The van der Waals surface area contributed by atoms with Gasteiger partial charge >= 0.3 is 0 Å². The highest BCUT2D eigenvalue weighted by Crippen LogP contribution is 2.23. The van der Waals surface area contributed by atoms with Gasteiger partial charge in [-0.3, -0.25) is 14.7 Å². The van der Waals surface area contributed by atoms with Crippen molar-refractivity contribution in [2.24, 2.45) is 0 Å². The van der Waals surface area contributed by atoms with Crippen LogP contribution in [0.2, 0.25) is 5.02 Å². The lowest BCUT2D eigenvalue weighted by atomic mass is 10.1. The molecule has 5 nitrogen and oxygen atoms in total. The third-order valence-corrected chi connectivity index (χ3v) is 5.84. The number of amides is 1. The second-order valence-electron chi connectivity index (χ2n) is 7.95. The fourth-order valence-electron chi connectivity index (χ4n) is 4.04. The Morgan fingerprint density at radius 2 is 1.81 bits per heavy atom. The molecule has 0 saturated carbocycles. The van der Waals surface area contributed by atoms with Gasteiger partial charge in [-0.25, -0.2) is 0 Å². The van der Waals surface area contributed by atoms with Crippen LogP contribution in [-0.4, -0.2) is 34.4 Å². The Labute approximate surface area is 188 Å². The molecule has 6 heteroatoms. The van der Waals surface area contributed by atoms with Crippen molar-refractivity contribution in [3.63, 3.8) is 0 Å². The first kappa shape index (κ1) is 21.5. The molecule has 1 amide bonds. The Morgan fingerprint density at radius 3 is 2.58 bits per heavy atom. The van der Waals surface area contributed by atoms with Gasteiger partial charge in [-0.05, 0) is 41.3 Å². The predicted molar refractivity (Wildman–Crippen MR) is 123 cm³/mol. The zero-order valence-corrected chi connectivity index (χ0v) is 18.1. The Balaban J connectivity index is 1.42. The molecule has 2 aromatic carbocycles. The van der Waals surface area contributed by atoms with Gasteiger partial charge in [0, 0.05) is 49.6 Å². The molecule has 1 saturated heterocycles. The number of carbonyl (C=O) groups excluding carboxylic acids is 1. The molecule has 0 bridgehead atoms. The lowest BCUT2D eigenvalue weighted by Gasteiger charge is -2.23. The maximum Gasteiger partial charge on any atom is 0.237 e. The van der Waals surface area contributed by atoms with E-state index >= 15 is 0 Å². The summed E-state index contributed by atoms with van der Waals surface area (Å²) < 4.78 is 0. The molecule has 0 spiro atoms. The van der Waals surface area contributed by atoms with Crippen LogP contribution in [0.5, 0.6) is 0 Å². The molecule has 2 atom stereocenters. The Kier molecular flexibility index (Phi) is 7.30. The van der Waals surface area contributed by atoms with Gasteiger partial charge in [-0.15, -0.1) is 0 Å². The number of halogens is 1. The normalized spacial score (nSPS) is 18.7. The lowest BCUT2D eigenvalue weighted by Crippen LogP contribution is -2.42. The fraction of sp³-hybridized carbons (Fsp3) is 0.280. The molecule has 4 rings (SSSR count). The number of hydrogen-bond donors (Lipinski definition) is 2. The summed E-state index contributed by atoms with van der Waals surface area (Å²) in [4.78, 5) is 19.4. The van der Waals surface area contributed by atoms with E-state index in [4.69, 9.17) is 11.6 Å². The molecule has 1 aliphatic heterocycles. The molecule has 0 aliphatic carbocycles. The van der Waals surface area contributed by atoms with Crippen LogP contribution in [0.4, 0.5) is 0 Å². The quantitative estimate of drug-likeness (QED) is 0.566. The summed E-state index contributed by atoms with van der Waals surface area (Å²) >= 11 is 6.18. The zero-order valence-electron chi connectivity index (χ0n) is 17.4. The highest BCUT2D eigenvalue weighted by atomic mass is 35.5. The van der Waals surface area contributed by atoms with Crippen LogP contribution in [0, 0.1) is 0 Å². The molecule has 3 aromatic rings. The van der Waals surface area contributed by atoms with E-state index in [0.29, 0.717) is 18.1 Å². The number of hydrogen-bond acceptors (Lipinski definition) is 4. The van der Waals surface area contributed by atoms with Gasteiger partial charge in [0.05, 0.1) is 6.04 Å². The van der Waals surface area contributed by atoms with E-state index in [1.807, 2.05) is 48.5 Å². The van der Waals surface area contributed by atoms with Gasteiger partial charge in [-0.1, -0.05) is 60.1 Å². The monoisotopic (exact) mass is 434 g/mol. The summed E-state index contributed by atoms with van der Waals surface area (Å²) in [5.74, 6) is 0.0508. The first-order valence-electron chi connectivity index (χ1n) is 10.6. The average molecular weight is 435 g/mol. The third kappa shape index (κ3) is 6.14. The second-order valence-corrected chi connectivity index (χ2v) is 8.39. The molecule has 1 fully saturated rings. The molecule has 1 aliphatic rings. The lowest BCUT2D eigenvalue weighted by molar-refractivity contribution is -0.125. The molecule has 1 aromatic heterocycles. The summed E-state index contributed by atoms with van der Waals surface area (Å²) in [5.41, 5.74) is 3.35. The van der Waals surface area contributed by atoms with E-state index < -0.39 is 0 Å². The van der Waals surface area contributed by atoms with Crippen LogP contribution in [-0.2, 0) is 24.4 Å². The summed E-state index contributed by atoms with van der Waals surface area (Å²) in [5, 5.41) is 7.43. The van der Waals surface area contributed by atoms with Gasteiger partial charge in [0.1, 0.15) is 0 Å². The van der Waals surface area contributed by atoms with Crippen LogP contribution in [0.1, 0.15) is 23.1 Å². The fourth-order valence-corrected chi connectivity index (χ4v) is 4.25. The van der Waals surface area contributed by atoms with Crippen molar-refractivity contribution >= 4 is 17.5 Å². The third-order valence-electron chi connectivity index (χ3n) is 5.61. The minimum absolute atomic E-state index is 0.0508. The summed E-state index contributed by atoms with van der Waals surface area (Å²) in [6.45, 7) is 2.77. The van der Waals surface area contributed by atoms with E-state index in [1.54, 1.807) is 12.4 Å². The zero-order chi connectivity index (χ0) is 21.5. The highest BCUT2D eigenvalue weighted by Gasteiger charge is 2.36. The van der Waals surface area contributed by atoms with Crippen LogP contribution in [0.15, 0.2) is 79.1 Å². The maximum atomic E-state index is 13.1. The van der Waals surface area contributed by atoms with E-state index in [0.717, 1.165) is 30.6 Å². The number of likely N-dealkylation sites (tertiary alicyclic amines) is 1. The maximum absolute atomic E-state index is 13.1. The predicted octanol–water partition coefficient (Wildman–Crippen LogP) is 3.78. The summed E-state index contributed by atoms with van der Waals surface area (Å²) in [7, 11) is 0. The minimum atomic E-state index is -0.191. The second kappa shape index (κ2) is 10.5. The van der Waals surface area contributed by atoms with E-state index in [2.05, 4.69) is 38.7 Å². The summed E-state index contributed by atoms with van der Waals surface area (Å²) in [6, 6.07) is 22.1. The van der Waals surface area contributed by atoms with Crippen molar-refractivity contribution in [2.75, 3.05) is 6.54 Å². The van der Waals surface area contributed by atoms with E-state index in [9.17, 15) is 4.79 Å². The number of nitrogens with zero attached hydrogens (tertiary/aromatic N) is 2. The SMILES string of the molecule is O=C(NCc1cccnc1)[C@@H]1C[C@H](NCc2ccccc2)CN1Cc1cccc(Cl)c1. The molecule has 2 heterocycles. The molecule has 31 heavy (non-hydrogen) atoms. The van der Waals surface area contributed by atoms with Gasteiger partial charge in [0.15, 0.2) is 0 Å². The smallest absolute Gasteiger partial charge is 0.237 e. The molecular formula is C25H27ClN4O.